The van der Waals surface area contributed by atoms with Crippen molar-refractivity contribution >= 4 is 35.4 Å². The maximum absolute atomic E-state index is 10.8. The molecule has 0 aliphatic carbocycles. The Morgan fingerprint density at radius 2 is 1.91 bits per heavy atom. The minimum atomic E-state index is -0.963. The molecule has 114 valence electrons. The molecule has 2 aromatic rings. The van der Waals surface area contributed by atoms with Crippen molar-refractivity contribution in [1.29, 1.82) is 0 Å². The Balaban J connectivity index is 1.67. The first kappa shape index (κ1) is 14.6. The zero-order chi connectivity index (χ0) is 15.4. The number of aromatic nitrogens is 3. The molecule has 0 radical (unpaired) electrons. The van der Waals surface area contributed by atoms with Crippen LogP contribution in [0.4, 0.5) is 5.95 Å². The van der Waals surface area contributed by atoms with Gasteiger partial charge in [0.25, 0.3) is 0 Å². The number of carbonyl (C=O) groups is 1. The van der Waals surface area contributed by atoms with Crippen molar-refractivity contribution < 1.29 is 14.6 Å². The molecule has 0 bridgehead atoms. The summed E-state index contributed by atoms with van der Waals surface area (Å²) in [4.78, 5) is 25.8. The monoisotopic (exact) mass is 318 g/mol. The molecule has 7 nitrogen and oxygen atoms in total. The second-order valence-corrected chi connectivity index (χ2v) is 5.68. The van der Waals surface area contributed by atoms with Crippen LogP contribution in [0.25, 0.3) is 12.2 Å². The molecule has 0 spiro atoms. The maximum atomic E-state index is 10.8. The van der Waals surface area contributed by atoms with Gasteiger partial charge in [-0.1, -0.05) is 0 Å². The lowest BCUT2D eigenvalue weighted by molar-refractivity contribution is 0.0702. The number of nitrogens with zero attached hydrogens (tertiary/aromatic N) is 4. The Morgan fingerprint density at radius 1 is 1.18 bits per heavy atom. The molecule has 0 atom stereocenters. The number of rotatable bonds is 4. The molecule has 0 amide bonds. The molecule has 0 saturated carbocycles. The summed E-state index contributed by atoms with van der Waals surface area (Å²) in [5, 5.41) is 9.48. The van der Waals surface area contributed by atoms with Gasteiger partial charge in [-0.25, -0.2) is 19.7 Å². The summed E-state index contributed by atoms with van der Waals surface area (Å²) < 4.78 is 5.30. The van der Waals surface area contributed by atoms with E-state index in [4.69, 9.17) is 9.84 Å². The van der Waals surface area contributed by atoms with Crippen molar-refractivity contribution in [2.24, 2.45) is 0 Å². The topological polar surface area (TPSA) is 88.4 Å². The van der Waals surface area contributed by atoms with Crippen molar-refractivity contribution in [2.75, 3.05) is 31.2 Å². The van der Waals surface area contributed by atoms with E-state index in [2.05, 4.69) is 19.9 Å². The lowest BCUT2D eigenvalue weighted by Crippen LogP contribution is -2.37. The van der Waals surface area contributed by atoms with Gasteiger partial charge in [0.1, 0.15) is 9.88 Å². The quantitative estimate of drug-likeness (QED) is 0.916. The van der Waals surface area contributed by atoms with E-state index in [0.29, 0.717) is 24.2 Å². The smallest absolute Gasteiger partial charge is 0.347 e. The minimum absolute atomic E-state index is 0.221. The predicted octanol–water partition coefficient (Wildman–Crippen LogP) is 1.64. The first-order valence-electron chi connectivity index (χ1n) is 6.74. The molecule has 2 aromatic heterocycles. The fourth-order valence-corrected chi connectivity index (χ4v) is 2.63. The van der Waals surface area contributed by atoms with E-state index in [9.17, 15) is 4.79 Å². The second-order valence-electron chi connectivity index (χ2n) is 4.62. The zero-order valence-corrected chi connectivity index (χ0v) is 12.5. The standard InChI is InChI=1S/C14H14N4O3S/c19-13(20)11-9-15-12(22-11)2-1-10-7-16-14(17-8-10)18-3-5-21-6-4-18/h1-2,7-9H,3-6H2,(H,19,20)/b2-1-. The first-order valence-corrected chi connectivity index (χ1v) is 7.56. The molecule has 1 N–H and O–H groups in total. The summed E-state index contributed by atoms with van der Waals surface area (Å²) in [5.74, 6) is -0.266. The van der Waals surface area contributed by atoms with Crippen LogP contribution in [0.1, 0.15) is 20.2 Å². The lowest BCUT2D eigenvalue weighted by atomic mass is 10.3. The summed E-state index contributed by atoms with van der Waals surface area (Å²) in [5.41, 5.74) is 0.837. The SMILES string of the molecule is O=C(O)c1cnc(/C=C\c2cnc(N3CCOCC3)nc2)s1. The predicted molar refractivity (Wildman–Crippen MR) is 83.1 cm³/mol. The van der Waals surface area contributed by atoms with E-state index < -0.39 is 5.97 Å². The molecule has 22 heavy (non-hydrogen) atoms. The van der Waals surface area contributed by atoms with Gasteiger partial charge in [-0.05, 0) is 12.2 Å². The van der Waals surface area contributed by atoms with Crippen molar-refractivity contribution in [3.8, 4) is 0 Å². The number of aromatic carboxylic acids is 1. The van der Waals surface area contributed by atoms with E-state index in [1.54, 1.807) is 18.5 Å². The van der Waals surface area contributed by atoms with Gasteiger partial charge in [0.05, 0.1) is 19.4 Å². The van der Waals surface area contributed by atoms with Crippen LogP contribution in [0, 0.1) is 0 Å². The number of carboxylic acid groups (broad SMARTS) is 1. The van der Waals surface area contributed by atoms with Gasteiger partial charge in [0, 0.05) is 31.0 Å². The number of hydrogen-bond acceptors (Lipinski definition) is 7. The highest BCUT2D eigenvalue weighted by molar-refractivity contribution is 7.14. The van der Waals surface area contributed by atoms with Crippen LogP contribution in [-0.2, 0) is 4.74 Å². The third-order valence-corrected chi connectivity index (χ3v) is 4.06. The van der Waals surface area contributed by atoms with Gasteiger partial charge in [-0.2, -0.15) is 0 Å². The molecule has 3 rings (SSSR count). The maximum Gasteiger partial charge on any atom is 0.347 e. The zero-order valence-electron chi connectivity index (χ0n) is 11.7. The van der Waals surface area contributed by atoms with E-state index in [1.807, 2.05) is 6.08 Å². The van der Waals surface area contributed by atoms with Crippen molar-refractivity contribution in [3.05, 3.63) is 34.0 Å². The summed E-state index contributed by atoms with van der Waals surface area (Å²) in [6.07, 6.45) is 8.39. The molecular weight excluding hydrogens is 304 g/mol. The Kier molecular flexibility index (Phi) is 4.40. The number of morpholine rings is 1. The summed E-state index contributed by atoms with van der Waals surface area (Å²) in [7, 11) is 0. The average molecular weight is 318 g/mol. The third-order valence-electron chi connectivity index (χ3n) is 3.10. The van der Waals surface area contributed by atoms with Gasteiger partial charge in [0.15, 0.2) is 0 Å². The highest BCUT2D eigenvalue weighted by Crippen LogP contribution is 2.16. The number of ether oxygens (including phenoxy) is 1. The van der Waals surface area contributed by atoms with Gasteiger partial charge in [-0.3, -0.25) is 0 Å². The van der Waals surface area contributed by atoms with Gasteiger partial charge in [0.2, 0.25) is 5.95 Å². The molecule has 3 heterocycles. The van der Waals surface area contributed by atoms with Gasteiger partial charge >= 0.3 is 5.97 Å². The largest absolute Gasteiger partial charge is 0.477 e. The molecular formula is C14H14N4O3S. The van der Waals surface area contributed by atoms with Crippen LogP contribution < -0.4 is 4.90 Å². The highest BCUT2D eigenvalue weighted by Gasteiger charge is 2.13. The van der Waals surface area contributed by atoms with E-state index in [0.717, 1.165) is 30.0 Å². The molecule has 0 aromatic carbocycles. The molecule has 1 aliphatic rings. The minimum Gasteiger partial charge on any atom is -0.477 e. The second kappa shape index (κ2) is 6.63. The first-order chi connectivity index (χ1) is 10.7. The highest BCUT2D eigenvalue weighted by atomic mass is 32.1. The Morgan fingerprint density at radius 3 is 2.55 bits per heavy atom. The number of thiazole rings is 1. The van der Waals surface area contributed by atoms with Crippen LogP contribution in [0.5, 0.6) is 0 Å². The summed E-state index contributed by atoms with van der Waals surface area (Å²) >= 11 is 1.13. The Bertz CT molecular complexity index is 678. The van der Waals surface area contributed by atoms with Crippen molar-refractivity contribution in [3.63, 3.8) is 0 Å². The molecule has 1 saturated heterocycles. The fourth-order valence-electron chi connectivity index (χ4n) is 1.97. The molecule has 0 unspecified atom stereocenters. The van der Waals surface area contributed by atoms with Crippen LogP contribution in [-0.4, -0.2) is 52.3 Å². The molecule has 1 fully saturated rings. The summed E-state index contributed by atoms with van der Waals surface area (Å²) in [6, 6.07) is 0. The number of hydrogen-bond donors (Lipinski definition) is 1. The average Bonchev–Trinajstić information content (AvgIpc) is 3.04. The number of anilines is 1. The fraction of sp³-hybridized carbons (Fsp3) is 0.286. The Labute approximate surface area is 130 Å². The third kappa shape index (κ3) is 3.46. The summed E-state index contributed by atoms with van der Waals surface area (Å²) in [6.45, 7) is 2.99. The normalized spacial score (nSPS) is 15.4. The van der Waals surface area contributed by atoms with E-state index in [1.165, 1.54) is 6.20 Å². The number of carboxylic acids is 1. The van der Waals surface area contributed by atoms with Crippen LogP contribution in [0.15, 0.2) is 18.6 Å². The van der Waals surface area contributed by atoms with Crippen molar-refractivity contribution in [2.45, 2.75) is 0 Å². The van der Waals surface area contributed by atoms with E-state index >= 15 is 0 Å². The lowest BCUT2D eigenvalue weighted by Gasteiger charge is -2.26. The van der Waals surface area contributed by atoms with Gasteiger partial charge in [-0.15, -0.1) is 11.3 Å². The Hall–Kier alpha value is -2.32. The van der Waals surface area contributed by atoms with Crippen LogP contribution >= 0.6 is 11.3 Å². The molecule has 1 aliphatic heterocycles. The van der Waals surface area contributed by atoms with Crippen molar-refractivity contribution in [1.82, 2.24) is 15.0 Å². The molecule has 8 heteroatoms. The van der Waals surface area contributed by atoms with Crippen LogP contribution in [0.2, 0.25) is 0 Å². The van der Waals surface area contributed by atoms with Crippen LogP contribution in [0.3, 0.4) is 0 Å². The van der Waals surface area contributed by atoms with E-state index in [-0.39, 0.29) is 4.88 Å². The van der Waals surface area contributed by atoms with Gasteiger partial charge < -0.3 is 14.7 Å².